The van der Waals surface area contributed by atoms with Gasteiger partial charge >= 0.3 is 0 Å². The molecule has 1 aliphatic rings. The predicted molar refractivity (Wildman–Crippen MR) is 62.3 cm³/mol. The van der Waals surface area contributed by atoms with Crippen molar-refractivity contribution in [2.24, 2.45) is 0 Å². The summed E-state index contributed by atoms with van der Waals surface area (Å²) >= 11 is 3.10. The van der Waals surface area contributed by atoms with E-state index in [1.807, 2.05) is 0 Å². The summed E-state index contributed by atoms with van der Waals surface area (Å²) in [6.07, 6.45) is 7.18. The molecule has 2 nitrogen and oxygen atoms in total. The van der Waals surface area contributed by atoms with E-state index in [2.05, 4.69) is 34.7 Å². The molecule has 0 atom stereocenters. The number of hydrogen-bond acceptors (Lipinski definition) is 1. The molecule has 1 rings (SSSR count). The second-order valence-corrected chi connectivity index (χ2v) is 5.29. The van der Waals surface area contributed by atoms with Gasteiger partial charge in [-0.3, -0.25) is 4.79 Å². The van der Waals surface area contributed by atoms with E-state index in [4.69, 9.17) is 0 Å². The van der Waals surface area contributed by atoms with Crippen molar-refractivity contribution in [1.29, 1.82) is 0 Å². The Morgan fingerprint density at radius 1 is 1.29 bits per heavy atom. The van der Waals surface area contributed by atoms with Gasteiger partial charge in [0, 0.05) is 5.54 Å². The summed E-state index contributed by atoms with van der Waals surface area (Å²) in [7, 11) is 0. The Kier molecular flexibility index (Phi) is 4.17. The Morgan fingerprint density at radius 3 is 2.21 bits per heavy atom. The Balaban J connectivity index is 2.54. The van der Waals surface area contributed by atoms with Crippen LogP contribution in [0.1, 0.15) is 45.4 Å². The number of hydrogen-bond donors (Lipinski definition) is 1. The highest BCUT2D eigenvalue weighted by molar-refractivity contribution is 9.12. The van der Waals surface area contributed by atoms with Crippen LogP contribution in [0.5, 0.6) is 0 Å². The summed E-state index contributed by atoms with van der Waals surface area (Å²) in [6, 6.07) is 0. The lowest BCUT2D eigenvalue weighted by molar-refractivity contribution is -0.118. The highest BCUT2D eigenvalue weighted by Crippen LogP contribution is 2.26. The summed E-state index contributed by atoms with van der Waals surface area (Å²) < 4.78 is 0.419. The molecule has 3 heteroatoms. The molecule has 80 valence electrons. The molecule has 0 aromatic carbocycles. The summed E-state index contributed by atoms with van der Waals surface area (Å²) in [5.41, 5.74) is -0.0235. The molecular formula is C11H18BrNO. The van der Waals surface area contributed by atoms with Gasteiger partial charge < -0.3 is 5.32 Å². The number of rotatable bonds is 2. The second kappa shape index (κ2) is 4.96. The maximum atomic E-state index is 11.5. The van der Waals surface area contributed by atoms with E-state index in [1.165, 1.54) is 25.7 Å². The number of carbonyl (C=O) groups excluding carboxylic acids is 1. The van der Waals surface area contributed by atoms with Crippen LogP contribution >= 0.6 is 15.9 Å². The number of carbonyl (C=O) groups is 1. The highest BCUT2D eigenvalue weighted by atomic mass is 79.9. The molecule has 1 aliphatic carbocycles. The van der Waals surface area contributed by atoms with Gasteiger partial charge in [-0.15, -0.1) is 0 Å². The third-order valence-corrected chi connectivity index (χ3v) is 3.23. The van der Waals surface area contributed by atoms with Gasteiger partial charge in [-0.2, -0.15) is 0 Å². The minimum absolute atomic E-state index is 0.0235. The molecule has 0 aromatic rings. The first-order valence-electron chi connectivity index (χ1n) is 5.20. The van der Waals surface area contributed by atoms with Crippen LogP contribution in [-0.2, 0) is 4.79 Å². The number of nitrogens with one attached hydrogen (secondary N) is 1. The summed E-state index contributed by atoms with van der Waals surface area (Å²) in [5.74, 6) is -0.0746. The molecule has 0 unspecified atom stereocenters. The molecule has 0 radical (unpaired) electrons. The van der Waals surface area contributed by atoms with Crippen molar-refractivity contribution < 1.29 is 4.79 Å². The van der Waals surface area contributed by atoms with E-state index in [9.17, 15) is 4.79 Å². The highest BCUT2D eigenvalue weighted by Gasteiger charge is 2.27. The van der Waals surface area contributed by atoms with E-state index in [-0.39, 0.29) is 11.4 Å². The van der Waals surface area contributed by atoms with Gasteiger partial charge in [0.15, 0.2) is 0 Å². The van der Waals surface area contributed by atoms with Crippen LogP contribution in [0.15, 0.2) is 11.1 Å². The van der Waals surface area contributed by atoms with Crippen LogP contribution in [0.2, 0.25) is 0 Å². The first-order valence-corrected chi connectivity index (χ1v) is 6.00. The average Bonchev–Trinajstić information content (AvgIpc) is 2.30. The van der Waals surface area contributed by atoms with Crippen molar-refractivity contribution in [3.05, 3.63) is 11.1 Å². The molecule has 1 N–H and O–H groups in total. The fourth-order valence-electron chi connectivity index (χ4n) is 1.98. The minimum atomic E-state index is -0.0746. The van der Waals surface area contributed by atoms with Crippen LogP contribution in [0.25, 0.3) is 0 Å². The van der Waals surface area contributed by atoms with E-state index in [1.54, 1.807) is 0 Å². The maximum absolute atomic E-state index is 11.5. The van der Waals surface area contributed by atoms with Crippen LogP contribution in [-0.4, -0.2) is 11.4 Å². The summed E-state index contributed by atoms with van der Waals surface area (Å²) in [4.78, 5) is 11.5. The van der Waals surface area contributed by atoms with E-state index in [0.29, 0.717) is 4.48 Å². The van der Waals surface area contributed by atoms with Gasteiger partial charge in [0.25, 0.3) is 5.91 Å². The molecular weight excluding hydrogens is 242 g/mol. The largest absolute Gasteiger partial charge is 0.346 e. The summed E-state index contributed by atoms with van der Waals surface area (Å²) in [6.45, 7) is 5.71. The molecule has 0 spiro atoms. The third-order valence-electron chi connectivity index (χ3n) is 2.87. The van der Waals surface area contributed by atoms with Crippen molar-refractivity contribution >= 4 is 21.8 Å². The fraction of sp³-hybridized carbons (Fsp3) is 0.727. The van der Waals surface area contributed by atoms with Crippen molar-refractivity contribution in [2.75, 3.05) is 0 Å². The first-order chi connectivity index (χ1) is 6.53. The average molecular weight is 260 g/mol. The van der Waals surface area contributed by atoms with Crippen LogP contribution in [0.3, 0.4) is 0 Å². The second-order valence-electron chi connectivity index (χ2n) is 4.33. The molecule has 0 saturated heterocycles. The zero-order valence-corrected chi connectivity index (χ0v) is 10.3. The predicted octanol–water partition coefficient (Wildman–Crippen LogP) is 3.12. The van der Waals surface area contributed by atoms with Crippen molar-refractivity contribution in [2.45, 2.75) is 51.0 Å². The minimum Gasteiger partial charge on any atom is -0.346 e. The quantitative estimate of drug-likeness (QED) is 0.599. The maximum Gasteiger partial charge on any atom is 0.258 e. The van der Waals surface area contributed by atoms with Crippen molar-refractivity contribution in [3.8, 4) is 0 Å². The molecule has 1 fully saturated rings. The zero-order chi connectivity index (χ0) is 10.6. The van der Waals surface area contributed by atoms with E-state index in [0.717, 1.165) is 12.8 Å². The molecule has 0 bridgehead atoms. The smallest absolute Gasteiger partial charge is 0.258 e. The third kappa shape index (κ3) is 3.45. The molecule has 0 aliphatic heterocycles. The van der Waals surface area contributed by atoms with Gasteiger partial charge in [-0.05, 0) is 35.7 Å². The Labute approximate surface area is 94.3 Å². The van der Waals surface area contributed by atoms with Crippen LogP contribution in [0, 0.1) is 0 Å². The van der Waals surface area contributed by atoms with Crippen molar-refractivity contribution in [1.82, 2.24) is 5.32 Å². The number of halogens is 1. The van der Waals surface area contributed by atoms with E-state index < -0.39 is 0 Å². The van der Waals surface area contributed by atoms with E-state index >= 15 is 0 Å². The standard InChI is InChI=1S/C11H18BrNO/c1-9(12)10(14)13-11(2)7-5-3-4-6-8-11/h1,3-8H2,2H3,(H,13,14). The Hall–Kier alpha value is -0.310. The van der Waals surface area contributed by atoms with Gasteiger partial charge in [0.05, 0.1) is 4.48 Å². The summed E-state index contributed by atoms with van der Waals surface area (Å²) in [5, 5.41) is 3.05. The SMILES string of the molecule is C=C(Br)C(=O)NC1(C)CCCCCC1. The Bertz CT molecular complexity index is 229. The van der Waals surface area contributed by atoms with Gasteiger partial charge in [-0.1, -0.05) is 32.3 Å². The van der Waals surface area contributed by atoms with Gasteiger partial charge in [0.2, 0.25) is 0 Å². The lowest BCUT2D eigenvalue weighted by atomic mass is 9.92. The monoisotopic (exact) mass is 259 g/mol. The van der Waals surface area contributed by atoms with Crippen LogP contribution < -0.4 is 5.32 Å². The normalized spacial score (nSPS) is 21.0. The van der Waals surface area contributed by atoms with Gasteiger partial charge in [-0.25, -0.2) is 0 Å². The van der Waals surface area contributed by atoms with Gasteiger partial charge in [0.1, 0.15) is 0 Å². The molecule has 1 saturated carbocycles. The lowest BCUT2D eigenvalue weighted by Crippen LogP contribution is -2.45. The fourth-order valence-corrected chi connectivity index (χ4v) is 2.07. The van der Waals surface area contributed by atoms with Crippen LogP contribution in [0.4, 0.5) is 0 Å². The lowest BCUT2D eigenvalue weighted by Gasteiger charge is -2.29. The van der Waals surface area contributed by atoms with Crippen molar-refractivity contribution in [3.63, 3.8) is 0 Å². The molecule has 14 heavy (non-hydrogen) atoms. The number of amides is 1. The molecule has 1 amide bonds. The first kappa shape index (κ1) is 11.8. The molecule has 0 heterocycles. The zero-order valence-electron chi connectivity index (χ0n) is 8.74. The topological polar surface area (TPSA) is 29.1 Å². The molecule has 0 aromatic heterocycles. The Morgan fingerprint density at radius 2 is 1.79 bits per heavy atom.